The molecule has 2 unspecified atom stereocenters. The standard InChI is InChI=1S/C7H14FN.ClH/c8-4-6-2-1-3-7(6)5-9;/h6-7H,1-5,9H2;1H. The molecule has 0 spiro atoms. The maximum absolute atomic E-state index is 12.1. The maximum atomic E-state index is 12.1. The van der Waals surface area contributed by atoms with Crippen molar-refractivity contribution in [1.29, 1.82) is 0 Å². The van der Waals surface area contributed by atoms with Gasteiger partial charge in [0.15, 0.2) is 0 Å². The van der Waals surface area contributed by atoms with Crippen LogP contribution in [0, 0.1) is 11.8 Å². The molecule has 1 aliphatic rings. The summed E-state index contributed by atoms with van der Waals surface area (Å²) >= 11 is 0. The van der Waals surface area contributed by atoms with Gasteiger partial charge in [0.2, 0.25) is 0 Å². The minimum absolute atomic E-state index is 0. The minimum Gasteiger partial charge on any atom is -0.330 e. The first-order valence-corrected chi connectivity index (χ1v) is 3.64. The van der Waals surface area contributed by atoms with Gasteiger partial charge in [-0.05, 0) is 31.2 Å². The Morgan fingerprint density at radius 3 is 2.30 bits per heavy atom. The van der Waals surface area contributed by atoms with Crippen molar-refractivity contribution in [2.75, 3.05) is 13.2 Å². The summed E-state index contributed by atoms with van der Waals surface area (Å²) in [6.07, 6.45) is 3.37. The summed E-state index contributed by atoms with van der Waals surface area (Å²) in [4.78, 5) is 0. The Kier molecular flexibility index (Phi) is 5.00. The molecule has 2 N–H and O–H groups in total. The molecule has 0 aromatic rings. The third-order valence-corrected chi connectivity index (χ3v) is 2.32. The van der Waals surface area contributed by atoms with Gasteiger partial charge in [-0.25, -0.2) is 0 Å². The highest BCUT2D eigenvalue weighted by molar-refractivity contribution is 5.85. The molecule has 0 aliphatic heterocycles. The highest BCUT2D eigenvalue weighted by Crippen LogP contribution is 2.30. The van der Waals surface area contributed by atoms with Crippen molar-refractivity contribution in [1.82, 2.24) is 0 Å². The zero-order valence-electron chi connectivity index (χ0n) is 6.05. The quantitative estimate of drug-likeness (QED) is 0.667. The average Bonchev–Trinajstić information content (AvgIpc) is 2.33. The van der Waals surface area contributed by atoms with Crippen molar-refractivity contribution in [2.24, 2.45) is 17.6 Å². The third kappa shape index (κ3) is 2.10. The van der Waals surface area contributed by atoms with Crippen LogP contribution in [0.2, 0.25) is 0 Å². The molecule has 1 nitrogen and oxygen atoms in total. The van der Waals surface area contributed by atoms with E-state index >= 15 is 0 Å². The normalized spacial score (nSPS) is 31.8. The van der Waals surface area contributed by atoms with E-state index in [1.54, 1.807) is 0 Å². The van der Waals surface area contributed by atoms with Gasteiger partial charge in [0, 0.05) is 0 Å². The van der Waals surface area contributed by atoms with Gasteiger partial charge in [-0.3, -0.25) is 4.39 Å². The van der Waals surface area contributed by atoms with E-state index in [4.69, 9.17) is 5.73 Å². The highest BCUT2D eigenvalue weighted by Gasteiger charge is 2.25. The number of halogens is 2. The number of hydrogen-bond donors (Lipinski definition) is 1. The Balaban J connectivity index is 0.000000810. The van der Waals surface area contributed by atoms with E-state index in [9.17, 15) is 4.39 Å². The zero-order chi connectivity index (χ0) is 6.69. The fourth-order valence-corrected chi connectivity index (χ4v) is 1.63. The van der Waals surface area contributed by atoms with Crippen LogP contribution in [0.25, 0.3) is 0 Å². The van der Waals surface area contributed by atoms with Crippen LogP contribution < -0.4 is 5.73 Å². The Morgan fingerprint density at radius 2 is 1.90 bits per heavy atom. The van der Waals surface area contributed by atoms with Crippen LogP contribution >= 0.6 is 12.4 Å². The van der Waals surface area contributed by atoms with E-state index in [0.717, 1.165) is 12.8 Å². The molecule has 10 heavy (non-hydrogen) atoms. The van der Waals surface area contributed by atoms with E-state index in [-0.39, 0.29) is 25.0 Å². The Morgan fingerprint density at radius 1 is 1.30 bits per heavy atom. The van der Waals surface area contributed by atoms with Gasteiger partial charge in [0.05, 0.1) is 6.67 Å². The molecule has 0 bridgehead atoms. The summed E-state index contributed by atoms with van der Waals surface area (Å²) in [6.45, 7) is 0.510. The molecule has 62 valence electrons. The SMILES string of the molecule is Cl.NCC1CCCC1CF. The van der Waals surface area contributed by atoms with Crippen molar-refractivity contribution in [3.63, 3.8) is 0 Å². The average molecular weight is 168 g/mol. The Hall–Kier alpha value is 0.180. The second-order valence-corrected chi connectivity index (χ2v) is 2.84. The van der Waals surface area contributed by atoms with E-state index < -0.39 is 0 Å². The lowest BCUT2D eigenvalue weighted by atomic mass is 9.98. The van der Waals surface area contributed by atoms with Crippen LogP contribution in [0.1, 0.15) is 19.3 Å². The monoisotopic (exact) mass is 167 g/mol. The first-order valence-electron chi connectivity index (χ1n) is 3.64. The van der Waals surface area contributed by atoms with Crippen LogP contribution in [0.3, 0.4) is 0 Å². The smallest absolute Gasteiger partial charge is 0.0925 e. The number of rotatable bonds is 2. The van der Waals surface area contributed by atoms with Crippen LogP contribution in [-0.2, 0) is 0 Å². The summed E-state index contributed by atoms with van der Waals surface area (Å²) in [5.74, 6) is 0.769. The van der Waals surface area contributed by atoms with Crippen molar-refractivity contribution < 1.29 is 4.39 Å². The lowest BCUT2D eigenvalue weighted by Crippen LogP contribution is -2.19. The van der Waals surface area contributed by atoms with Crippen LogP contribution in [0.5, 0.6) is 0 Å². The lowest BCUT2D eigenvalue weighted by Gasteiger charge is -2.12. The van der Waals surface area contributed by atoms with Gasteiger partial charge in [0.1, 0.15) is 0 Å². The predicted octanol–water partition coefficient (Wildman–Crippen LogP) is 1.75. The maximum Gasteiger partial charge on any atom is 0.0925 e. The molecule has 1 saturated carbocycles. The van der Waals surface area contributed by atoms with Crippen molar-refractivity contribution in [3.05, 3.63) is 0 Å². The van der Waals surface area contributed by atoms with E-state index in [2.05, 4.69) is 0 Å². The van der Waals surface area contributed by atoms with E-state index in [0.29, 0.717) is 12.5 Å². The zero-order valence-corrected chi connectivity index (χ0v) is 6.87. The number of nitrogens with two attached hydrogens (primary N) is 1. The molecule has 1 aliphatic carbocycles. The van der Waals surface area contributed by atoms with E-state index in [1.165, 1.54) is 6.42 Å². The van der Waals surface area contributed by atoms with Crippen molar-refractivity contribution in [3.8, 4) is 0 Å². The second kappa shape index (κ2) is 4.91. The summed E-state index contributed by atoms with van der Waals surface area (Å²) in [6, 6.07) is 0. The minimum atomic E-state index is -0.165. The molecule has 0 amide bonds. The van der Waals surface area contributed by atoms with Gasteiger partial charge >= 0.3 is 0 Å². The molecule has 1 rings (SSSR count). The number of alkyl halides is 1. The van der Waals surface area contributed by atoms with Gasteiger partial charge in [-0.2, -0.15) is 0 Å². The second-order valence-electron chi connectivity index (χ2n) is 2.84. The fourth-order valence-electron chi connectivity index (χ4n) is 1.63. The van der Waals surface area contributed by atoms with Crippen LogP contribution in [-0.4, -0.2) is 13.2 Å². The van der Waals surface area contributed by atoms with Crippen molar-refractivity contribution in [2.45, 2.75) is 19.3 Å². The third-order valence-electron chi connectivity index (χ3n) is 2.32. The summed E-state index contributed by atoms with van der Waals surface area (Å²) in [5.41, 5.74) is 5.43. The topological polar surface area (TPSA) is 26.0 Å². The molecule has 3 heteroatoms. The molecule has 2 atom stereocenters. The Bertz CT molecular complexity index is 79.7. The largest absolute Gasteiger partial charge is 0.330 e. The molecular weight excluding hydrogens is 153 g/mol. The highest BCUT2D eigenvalue weighted by atomic mass is 35.5. The van der Waals surface area contributed by atoms with Crippen LogP contribution in [0.15, 0.2) is 0 Å². The molecule has 0 radical (unpaired) electrons. The van der Waals surface area contributed by atoms with Gasteiger partial charge in [0.25, 0.3) is 0 Å². The number of hydrogen-bond acceptors (Lipinski definition) is 1. The van der Waals surface area contributed by atoms with E-state index in [1.807, 2.05) is 0 Å². The summed E-state index contributed by atoms with van der Waals surface area (Å²) in [5, 5.41) is 0. The summed E-state index contributed by atoms with van der Waals surface area (Å²) < 4.78 is 12.1. The summed E-state index contributed by atoms with van der Waals surface area (Å²) in [7, 11) is 0. The Labute approximate surface area is 67.6 Å². The first-order chi connectivity index (χ1) is 4.38. The van der Waals surface area contributed by atoms with Gasteiger partial charge in [-0.15, -0.1) is 12.4 Å². The van der Waals surface area contributed by atoms with Crippen molar-refractivity contribution >= 4 is 12.4 Å². The fraction of sp³-hybridized carbons (Fsp3) is 1.00. The molecule has 0 aromatic carbocycles. The van der Waals surface area contributed by atoms with Gasteiger partial charge < -0.3 is 5.73 Å². The first kappa shape index (κ1) is 10.2. The molecule has 0 saturated heterocycles. The molecule has 1 fully saturated rings. The molecule has 0 heterocycles. The van der Waals surface area contributed by atoms with Crippen LogP contribution in [0.4, 0.5) is 4.39 Å². The van der Waals surface area contributed by atoms with Gasteiger partial charge in [-0.1, -0.05) is 6.42 Å². The molecular formula is C7H15ClFN. The predicted molar refractivity (Wildman–Crippen MR) is 43.1 cm³/mol. The lowest BCUT2D eigenvalue weighted by molar-refractivity contribution is 0.299. The molecule has 0 aromatic heterocycles.